The van der Waals surface area contributed by atoms with E-state index in [0.717, 1.165) is 14.8 Å². The number of thiophene rings is 2. The van der Waals surface area contributed by atoms with Gasteiger partial charge in [-0.15, -0.1) is 11.3 Å². The lowest BCUT2D eigenvalue weighted by molar-refractivity contribution is -0.121. The average molecular weight is 316 g/mol. The summed E-state index contributed by atoms with van der Waals surface area (Å²) < 4.78 is 6.10. The summed E-state index contributed by atoms with van der Waals surface area (Å²) in [4.78, 5) is 12.8. The fourth-order valence-electron chi connectivity index (χ4n) is 1.65. The summed E-state index contributed by atoms with van der Waals surface area (Å²) in [6.07, 6.45) is 0.259. The molecule has 2 heterocycles. The van der Waals surface area contributed by atoms with Crippen LogP contribution in [0.3, 0.4) is 0 Å². The first-order chi connectivity index (χ1) is 9.19. The molecule has 1 amide bonds. The van der Waals surface area contributed by atoms with Crippen LogP contribution in [-0.4, -0.2) is 19.6 Å². The number of methoxy groups -OCH3 is 1. The Morgan fingerprint density at radius 1 is 1.47 bits per heavy atom. The van der Waals surface area contributed by atoms with Crippen LogP contribution < -0.4 is 5.32 Å². The molecule has 102 valence electrons. The molecular weight excluding hydrogens is 302 g/mol. The molecule has 0 aromatic carbocycles. The van der Waals surface area contributed by atoms with Gasteiger partial charge in [0, 0.05) is 18.5 Å². The van der Waals surface area contributed by atoms with Crippen molar-refractivity contribution in [1.29, 1.82) is 0 Å². The zero-order valence-electron chi connectivity index (χ0n) is 10.4. The standard InChI is InChI=1S/C13H14ClNO2S2/c1-17-10(11-2-3-12(14)19-11)7-15-13(16)6-9-4-5-18-8-9/h2-5,8,10H,6-7H2,1H3,(H,15,16)/t10-/m1/s1. The van der Waals surface area contributed by atoms with Gasteiger partial charge in [-0.25, -0.2) is 0 Å². The third-order valence-electron chi connectivity index (χ3n) is 2.63. The van der Waals surface area contributed by atoms with Gasteiger partial charge in [0.1, 0.15) is 6.10 Å². The maximum Gasteiger partial charge on any atom is 0.224 e. The highest BCUT2D eigenvalue weighted by atomic mass is 35.5. The van der Waals surface area contributed by atoms with Crippen molar-refractivity contribution in [3.63, 3.8) is 0 Å². The normalized spacial score (nSPS) is 12.3. The van der Waals surface area contributed by atoms with E-state index in [0.29, 0.717) is 13.0 Å². The summed E-state index contributed by atoms with van der Waals surface area (Å²) >= 11 is 8.96. The third kappa shape index (κ3) is 4.31. The van der Waals surface area contributed by atoms with Crippen LogP contribution in [0.25, 0.3) is 0 Å². The summed E-state index contributed by atoms with van der Waals surface area (Å²) in [5.74, 6) is 0.00287. The van der Waals surface area contributed by atoms with Gasteiger partial charge in [-0.3, -0.25) is 4.79 Å². The van der Waals surface area contributed by atoms with E-state index < -0.39 is 0 Å². The van der Waals surface area contributed by atoms with Crippen LogP contribution in [0.1, 0.15) is 16.5 Å². The molecule has 0 saturated heterocycles. The molecule has 0 fully saturated rings. The van der Waals surface area contributed by atoms with Crippen molar-refractivity contribution in [2.24, 2.45) is 0 Å². The minimum absolute atomic E-state index is 0.00287. The predicted octanol–water partition coefficient (Wildman–Crippen LogP) is 3.51. The first-order valence-electron chi connectivity index (χ1n) is 5.75. The molecule has 6 heteroatoms. The molecule has 0 unspecified atom stereocenters. The first kappa shape index (κ1) is 14.5. The number of hydrogen-bond donors (Lipinski definition) is 1. The number of hydrogen-bond acceptors (Lipinski definition) is 4. The first-order valence-corrected chi connectivity index (χ1v) is 7.88. The fourth-order valence-corrected chi connectivity index (χ4v) is 3.46. The molecule has 1 N–H and O–H groups in total. The van der Waals surface area contributed by atoms with Crippen molar-refractivity contribution in [2.45, 2.75) is 12.5 Å². The van der Waals surface area contributed by atoms with Crippen molar-refractivity contribution >= 4 is 40.2 Å². The number of halogens is 1. The Morgan fingerprint density at radius 2 is 2.32 bits per heavy atom. The quantitative estimate of drug-likeness (QED) is 0.886. The smallest absolute Gasteiger partial charge is 0.224 e. The highest BCUT2D eigenvalue weighted by Gasteiger charge is 2.14. The van der Waals surface area contributed by atoms with Gasteiger partial charge in [0.25, 0.3) is 0 Å². The van der Waals surface area contributed by atoms with E-state index in [2.05, 4.69) is 5.32 Å². The van der Waals surface area contributed by atoms with Gasteiger partial charge >= 0.3 is 0 Å². The van der Waals surface area contributed by atoms with Gasteiger partial charge in [0.2, 0.25) is 5.91 Å². The molecule has 0 bridgehead atoms. The van der Waals surface area contributed by atoms with Gasteiger partial charge in [-0.1, -0.05) is 11.6 Å². The monoisotopic (exact) mass is 315 g/mol. The number of rotatable bonds is 6. The van der Waals surface area contributed by atoms with E-state index in [9.17, 15) is 4.79 Å². The van der Waals surface area contributed by atoms with Crippen LogP contribution in [-0.2, 0) is 16.0 Å². The minimum atomic E-state index is -0.149. The predicted molar refractivity (Wildman–Crippen MR) is 80.1 cm³/mol. The fraction of sp³-hybridized carbons (Fsp3) is 0.308. The molecule has 0 aliphatic carbocycles. The zero-order chi connectivity index (χ0) is 13.7. The molecular formula is C13H14ClNO2S2. The van der Waals surface area contributed by atoms with Gasteiger partial charge in [-0.05, 0) is 34.5 Å². The van der Waals surface area contributed by atoms with Crippen LogP contribution >= 0.6 is 34.3 Å². The third-order valence-corrected chi connectivity index (χ3v) is 4.68. The molecule has 19 heavy (non-hydrogen) atoms. The van der Waals surface area contributed by atoms with Crippen molar-refractivity contribution in [2.75, 3.05) is 13.7 Å². The molecule has 1 atom stereocenters. The second kappa shape index (κ2) is 7.05. The zero-order valence-corrected chi connectivity index (χ0v) is 12.8. The summed E-state index contributed by atoms with van der Waals surface area (Å²) in [6, 6.07) is 5.71. The van der Waals surface area contributed by atoms with E-state index in [4.69, 9.17) is 16.3 Å². The number of amides is 1. The number of carbonyl (C=O) groups is 1. The highest BCUT2D eigenvalue weighted by molar-refractivity contribution is 7.16. The van der Waals surface area contributed by atoms with Crippen LogP contribution in [0, 0.1) is 0 Å². The Bertz CT molecular complexity index is 524. The highest BCUT2D eigenvalue weighted by Crippen LogP contribution is 2.28. The molecule has 2 aromatic rings. The molecule has 0 saturated carbocycles. The maximum atomic E-state index is 11.8. The summed E-state index contributed by atoms with van der Waals surface area (Å²) in [5.41, 5.74) is 1.04. The Kier molecular flexibility index (Phi) is 5.39. The summed E-state index contributed by atoms with van der Waals surface area (Å²) in [7, 11) is 1.63. The van der Waals surface area contributed by atoms with Crippen molar-refractivity contribution in [1.82, 2.24) is 5.32 Å². The molecule has 3 nitrogen and oxygen atoms in total. The minimum Gasteiger partial charge on any atom is -0.374 e. The van der Waals surface area contributed by atoms with Gasteiger partial charge in [-0.2, -0.15) is 11.3 Å². The largest absolute Gasteiger partial charge is 0.374 e. The Hall–Kier alpha value is -0.880. The van der Waals surface area contributed by atoms with E-state index in [-0.39, 0.29) is 12.0 Å². The SMILES string of the molecule is CO[C@H](CNC(=O)Cc1ccsc1)c1ccc(Cl)s1. The lowest BCUT2D eigenvalue weighted by Crippen LogP contribution is -2.29. The van der Waals surface area contributed by atoms with Crippen molar-refractivity contribution < 1.29 is 9.53 Å². The van der Waals surface area contributed by atoms with Crippen LogP contribution in [0.5, 0.6) is 0 Å². The van der Waals surface area contributed by atoms with E-state index in [1.54, 1.807) is 18.4 Å². The van der Waals surface area contributed by atoms with Crippen LogP contribution in [0.4, 0.5) is 0 Å². The number of ether oxygens (including phenoxy) is 1. The van der Waals surface area contributed by atoms with Gasteiger partial charge in [0.15, 0.2) is 0 Å². The number of nitrogens with one attached hydrogen (secondary N) is 1. The van der Waals surface area contributed by atoms with Crippen molar-refractivity contribution in [3.8, 4) is 0 Å². The molecule has 0 spiro atoms. The topological polar surface area (TPSA) is 38.3 Å². The maximum absolute atomic E-state index is 11.8. The van der Waals surface area contributed by atoms with E-state index in [1.165, 1.54) is 11.3 Å². The Labute approximate surface area is 125 Å². The van der Waals surface area contributed by atoms with Crippen molar-refractivity contribution in [3.05, 3.63) is 43.7 Å². The Morgan fingerprint density at radius 3 is 2.89 bits per heavy atom. The van der Waals surface area contributed by atoms with Gasteiger partial charge < -0.3 is 10.1 Å². The van der Waals surface area contributed by atoms with Gasteiger partial charge in [0.05, 0.1) is 10.8 Å². The number of carbonyl (C=O) groups excluding carboxylic acids is 1. The lowest BCUT2D eigenvalue weighted by Gasteiger charge is -2.14. The van der Waals surface area contributed by atoms with Crippen LogP contribution in [0.15, 0.2) is 29.0 Å². The summed E-state index contributed by atoms with van der Waals surface area (Å²) in [5, 5.41) is 6.83. The lowest BCUT2D eigenvalue weighted by atomic mass is 10.2. The molecule has 2 rings (SSSR count). The average Bonchev–Trinajstić information content (AvgIpc) is 3.02. The Balaban J connectivity index is 1.84. The van der Waals surface area contributed by atoms with E-state index >= 15 is 0 Å². The van der Waals surface area contributed by atoms with E-state index in [1.807, 2.05) is 29.0 Å². The molecule has 0 radical (unpaired) electrons. The van der Waals surface area contributed by atoms with Crippen LogP contribution in [0.2, 0.25) is 4.34 Å². The second-order valence-corrected chi connectivity index (χ2v) is 6.51. The summed E-state index contributed by atoms with van der Waals surface area (Å²) in [6.45, 7) is 0.455. The molecule has 0 aliphatic heterocycles. The second-order valence-electron chi connectivity index (χ2n) is 3.98. The molecule has 0 aliphatic rings. The molecule has 2 aromatic heterocycles.